The summed E-state index contributed by atoms with van der Waals surface area (Å²) in [7, 11) is 1.76. The van der Waals surface area contributed by atoms with Gasteiger partial charge in [-0.05, 0) is 31.5 Å². The first-order valence-electron chi connectivity index (χ1n) is 6.12. The van der Waals surface area contributed by atoms with E-state index in [0.29, 0.717) is 16.8 Å². The van der Waals surface area contributed by atoms with Crippen molar-refractivity contribution in [2.24, 2.45) is 7.05 Å². The lowest BCUT2D eigenvalue weighted by Crippen LogP contribution is -2.24. The molecule has 0 atom stereocenters. The van der Waals surface area contributed by atoms with Gasteiger partial charge in [-0.2, -0.15) is 5.10 Å². The molecule has 4 nitrogen and oxygen atoms in total. The van der Waals surface area contributed by atoms with Gasteiger partial charge in [-0.1, -0.05) is 6.07 Å². The Labute approximate surface area is 115 Å². The van der Waals surface area contributed by atoms with Gasteiger partial charge in [0.05, 0.1) is 11.3 Å². The molecule has 20 heavy (non-hydrogen) atoms. The highest BCUT2D eigenvalue weighted by Gasteiger charge is 2.16. The first kappa shape index (κ1) is 14.2. The van der Waals surface area contributed by atoms with Gasteiger partial charge in [0.25, 0.3) is 5.91 Å². The Balaban J connectivity index is 2.10. The molecular formula is C14H15F2N3O. The molecule has 0 radical (unpaired) electrons. The topological polar surface area (TPSA) is 46.9 Å². The van der Waals surface area contributed by atoms with Crippen molar-refractivity contribution < 1.29 is 13.6 Å². The number of nitrogens with one attached hydrogen (secondary N) is 1. The van der Waals surface area contributed by atoms with Gasteiger partial charge >= 0.3 is 0 Å². The highest BCUT2D eigenvalue weighted by atomic mass is 19.2. The van der Waals surface area contributed by atoms with Crippen molar-refractivity contribution >= 4 is 5.91 Å². The van der Waals surface area contributed by atoms with Crippen molar-refractivity contribution in [3.8, 4) is 0 Å². The first-order valence-corrected chi connectivity index (χ1v) is 6.12. The number of halogens is 2. The van der Waals surface area contributed by atoms with Crippen LogP contribution in [0.3, 0.4) is 0 Å². The van der Waals surface area contributed by atoms with E-state index in [-0.39, 0.29) is 12.5 Å². The Hall–Kier alpha value is -2.24. The molecule has 0 unspecified atom stereocenters. The Bertz CT molecular complexity index is 665. The number of carbonyl (C=O) groups excluding carboxylic acids is 1. The Morgan fingerprint density at radius 1 is 1.30 bits per heavy atom. The lowest BCUT2D eigenvalue weighted by Gasteiger charge is -2.06. The van der Waals surface area contributed by atoms with E-state index >= 15 is 0 Å². The Kier molecular flexibility index (Phi) is 3.83. The maximum atomic E-state index is 13.1. The highest BCUT2D eigenvalue weighted by molar-refractivity contribution is 5.96. The number of hydrogen-bond donors (Lipinski definition) is 1. The van der Waals surface area contributed by atoms with E-state index in [9.17, 15) is 13.6 Å². The number of hydrogen-bond acceptors (Lipinski definition) is 2. The maximum absolute atomic E-state index is 13.1. The Morgan fingerprint density at radius 2 is 2.00 bits per heavy atom. The molecule has 0 aliphatic carbocycles. The van der Waals surface area contributed by atoms with Crippen LogP contribution in [0.25, 0.3) is 0 Å². The summed E-state index contributed by atoms with van der Waals surface area (Å²) in [6.45, 7) is 3.68. The minimum atomic E-state index is -0.925. The zero-order valence-electron chi connectivity index (χ0n) is 11.5. The number of benzene rings is 1. The van der Waals surface area contributed by atoms with Gasteiger partial charge in [-0.25, -0.2) is 8.78 Å². The molecule has 0 bridgehead atoms. The number of nitrogens with zero attached hydrogens (tertiary/aromatic N) is 2. The summed E-state index contributed by atoms with van der Waals surface area (Å²) in [5.41, 5.74) is 2.39. The van der Waals surface area contributed by atoms with Crippen LogP contribution in [0.2, 0.25) is 0 Å². The van der Waals surface area contributed by atoms with Gasteiger partial charge in [0.1, 0.15) is 0 Å². The fourth-order valence-corrected chi connectivity index (χ4v) is 2.02. The molecule has 106 valence electrons. The number of carbonyl (C=O) groups is 1. The van der Waals surface area contributed by atoms with Crippen molar-refractivity contribution in [3.05, 3.63) is 52.3 Å². The summed E-state index contributed by atoms with van der Waals surface area (Å²) < 4.78 is 27.5. The van der Waals surface area contributed by atoms with Gasteiger partial charge in [0.15, 0.2) is 11.6 Å². The quantitative estimate of drug-likeness (QED) is 0.936. The fourth-order valence-electron chi connectivity index (χ4n) is 2.02. The van der Waals surface area contributed by atoms with Crippen LogP contribution < -0.4 is 5.32 Å². The van der Waals surface area contributed by atoms with E-state index < -0.39 is 11.6 Å². The highest BCUT2D eigenvalue weighted by Crippen LogP contribution is 2.12. The van der Waals surface area contributed by atoms with Crippen LogP contribution in [0.4, 0.5) is 8.78 Å². The molecule has 1 N–H and O–H groups in total. The standard InChI is InChI=1S/C14H15F2N3O/c1-8-13(9(2)19(3)18-8)14(20)17-7-10-4-5-11(15)12(16)6-10/h4-6H,7H2,1-3H3,(H,17,20). The molecule has 0 spiro atoms. The number of aryl methyl sites for hydroxylation is 2. The molecule has 1 amide bonds. The smallest absolute Gasteiger partial charge is 0.255 e. The van der Waals surface area contributed by atoms with Gasteiger partial charge in [0, 0.05) is 19.3 Å². The summed E-state index contributed by atoms with van der Waals surface area (Å²) in [5.74, 6) is -2.11. The summed E-state index contributed by atoms with van der Waals surface area (Å²) in [5, 5.41) is 6.83. The molecular weight excluding hydrogens is 264 g/mol. The second-order valence-electron chi connectivity index (χ2n) is 4.60. The van der Waals surface area contributed by atoms with Crippen LogP contribution in [0.1, 0.15) is 27.3 Å². The average molecular weight is 279 g/mol. The lowest BCUT2D eigenvalue weighted by atomic mass is 10.1. The van der Waals surface area contributed by atoms with Gasteiger partial charge in [0.2, 0.25) is 0 Å². The molecule has 1 aromatic carbocycles. The number of aromatic nitrogens is 2. The van der Waals surface area contributed by atoms with E-state index in [1.165, 1.54) is 6.07 Å². The molecule has 0 aliphatic rings. The molecule has 0 saturated heterocycles. The van der Waals surface area contributed by atoms with Crippen LogP contribution in [0, 0.1) is 25.5 Å². The zero-order chi connectivity index (χ0) is 14.9. The number of rotatable bonds is 3. The van der Waals surface area contributed by atoms with E-state index in [1.807, 2.05) is 0 Å². The molecule has 6 heteroatoms. The van der Waals surface area contributed by atoms with Gasteiger partial charge < -0.3 is 5.32 Å². The molecule has 0 fully saturated rings. The van der Waals surface area contributed by atoms with Crippen LogP contribution in [-0.2, 0) is 13.6 Å². The van der Waals surface area contributed by atoms with E-state index in [4.69, 9.17) is 0 Å². The third kappa shape index (κ3) is 2.68. The average Bonchev–Trinajstić information content (AvgIpc) is 2.64. The normalized spacial score (nSPS) is 10.7. The van der Waals surface area contributed by atoms with E-state index in [1.54, 1.807) is 25.6 Å². The van der Waals surface area contributed by atoms with Gasteiger partial charge in [-0.3, -0.25) is 9.48 Å². The monoisotopic (exact) mass is 279 g/mol. The second-order valence-corrected chi connectivity index (χ2v) is 4.60. The summed E-state index contributed by atoms with van der Waals surface area (Å²) in [6, 6.07) is 3.54. The predicted octanol–water partition coefficient (Wildman–Crippen LogP) is 2.25. The number of amides is 1. The van der Waals surface area contributed by atoms with Crippen LogP contribution >= 0.6 is 0 Å². The Morgan fingerprint density at radius 3 is 2.55 bits per heavy atom. The SMILES string of the molecule is Cc1nn(C)c(C)c1C(=O)NCc1ccc(F)c(F)c1. The second kappa shape index (κ2) is 5.40. The van der Waals surface area contributed by atoms with Crippen molar-refractivity contribution in [3.63, 3.8) is 0 Å². The van der Waals surface area contributed by atoms with E-state index in [2.05, 4.69) is 10.4 Å². The molecule has 1 heterocycles. The predicted molar refractivity (Wildman–Crippen MR) is 70.2 cm³/mol. The molecule has 0 aliphatic heterocycles. The van der Waals surface area contributed by atoms with Crippen molar-refractivity contribution in [2.45, 2.75) is 20.4 Å². The molecule has 2 aromatic rings. The maximum Gasteiger partial charge on any atom is 0.255 e. The largest absolute Gasteiger partial charge is 0.348 e. The molecule has 2 rings (SSSR count). The van der Waals surface area contributed by atoms with Crippen molar-refractivity contribution in [1.82, 2.24) is 15.1 Å². The third-order valence-electron chi connectivity index (χ3n) is 3.17. The van der Waals surface area contributed by atoms with E-state index in [0.717, 1.165) is 17.8 Å². The molecule has 0 saturated carbocycles. The summed E-state index contributed by atoms with van der Waals surface area (Å²) >= 11 is 0. The van der Waals surface area contributed by atoms with Crippen LogP contribution in [0.15, 0.2) is 18.2 Å². The van der Waals surface area contributed by atoms with Crippen molar-refractivity contribution in [2.75, 3.05) is 0 Å². The third-order valence-corrected chi connectivity index (χ3v) is 3.17. The first-order chi connectivity index (χ1) is 9.40. The van der Waals surface area contributed by atoms with Gasteiger partial charge in [-0.15, -0.1) is 0 Å². The van der Waals surface area contributed by atoms with Crippen LogP contribution in [0.5, 0.6) is 0 Å². The minimum Gasteiger partial charge on any atom is -0.348 e. The minimum absolute atomic E-state index is 0.129. The summed E-state index contributed by atoms with van der Waals surface area (Å²) in [4.78, 5) is 12.1. The van der Waals surface area contributed by atoms with Crippen LogP contribution in [-0.4, -0.2) is 15.7 Å². The summed E-state index contributed by atoms with van der Waals surface area (Å²) in [6.07, 6.45) is 0. The van der Waals surface area contributed by atoms with Crippen molar-refractivity contribution in [1.29, 1.82) is 0 Å². The lowest BCUT2D eigenvalue weighted by molar-refractivity contribution is 0.0949. The molecule has 1 aromatic heterocycles. The fraction of sp³-hybridized carbons (Fsp3) is 0.286. The zero-order valence-corrected chi connectivity index (χ0v) is 11.5.